The number of aromatic nitrogens is 2. The van der Waals surface area contributed by atoms with Gasteiger partial charge in [-0.3, -0.25) is 0 Å². The molecule has 0 aliphatic carbocycles. The Morgan fingerprint density at radius 1 is 1.21 bits per heavy atom. The van der Waals surface area contributed by atoms with Gasteiger partial charge in [0.25, 0.3) is 0 Å². The summed E-state index contributed by atoms with van der Waals surface area (Å²) in [5.74, 6) is -5.84. The van der Waals surface area contributed by atoms with Crippen LogP contribution in [0.3, 0.4) is 0 Å². The number of benzene rings is 1. The van der Waals surface area contributed by atoms with Crippen LogP contribution in [-0.2, 0) is 6.54 Å². The van der Waals surface area contributed by atoms with Gasteiger partial charge in [0.15, 0.2) is 23.3 Å². The molecule has 19 heavy (non-hydrogen) atoms. The van der Waals surface area contributed by atoms with E-state index in [0.717, 1.165) is 0 Å². The van der Waals surface area contributed by atoms with Gasteiger partial charge in [-0.2, -0.15) is 5.10 Å². The van der Waals surface area contributed by atoms with Gasteiger partial charge in [0.05, 0.1) is 6.20 Å². The molecule has 1 heterocycles. The fraction of sp³-hybridized carbons (Fsp3) is 0.0833. The third-order valence-corrected chi connectivity index (χ3v) is 2.42. The largest absolute Gasteiger partial charge is 0.376 e. The molecular weight excluding hydrogens is 262 g/mol. The lowest BCUT2D eigenvalue weighted by atomic mass is 10.2. The number of anilines is 1. The maximum absolute atomic E-state index is 13.3. The van der Waals surface area contributed by atoms with Gasteiger partial charge in [-0.05, 0) is 0 Å². The Bertz CT molecular complexity index is 595. The fourth-order valence-corrected chi connectivity index (χ4v) is 1.49. The van der Waals surface area contributed by atoms with Crippen LogP contribution < -0.4 is 5.32 Å². The van der Waals surface area contributed by atoms with Crippen molar-refractivity contribution in [2.24, 2.45) is 0 Å². The monoisotopic (exact) mass is 271 g/mol. The summed E-state index contributed by atoms with van der Waals surface area (Å²) >= 11 is 0. The minimum Gasteiger partial charge on any atom is -0.376 e. The molecule has 0 bridgehead atoms. The summed E-state index contributed by atoms with van der Waals surface area (Å²) in [5, 5.41) is 6.15. The van der Waals surface area contributed by atoms with Crippen LogP contribution in [0, 0.1) is 23.3 Å². The van der Waals surface area contributed by atoms with Crippen molar-refractivity contribution in [3.63, 3.8) is 0 Å². The molecule has 0 amide bonds. The van der Waals surface area contributed by atoms with E-state index in [9.17, 15) is 17.6 Å². The van der Waals surface area contributed by atoms with E-state index in [-0.39, 0.29) is 12.6 Å². The molecule has 0 saturated carbocycles. The SMILES string of the molecule is C=Cn1cc(CNc2c(F)c(F)cc(F)c2F)cn1. The van der Waals surface area contributed by atoms with Gasteiger partial charge in [-0.25, -0.2) is 22.2 Å². The van der Waals surface area contributed by atoms with E-state index in [4.69, 9.17) is 0 Å². The first-order chi connectivity index (χ1) is 9.02. The summed E-state index contributed by atoms with van der Waals surface area (Å²) in [5.41, 5.74) is -0.271. The first-order valence-corrected chi connectivity index (χ1v) is 5.25. The van der Waals surface area contributed by atoms with E-state index in [1.54, 1.807) is 6.20 Å². The van der Waals surface area contributed by atoms with E-state index in [1.165, 1.54) is 17.1 Å². The van der Waals surface area contributed by atoms with Gasteiger partial charge in [-0.1, -0.05) is 6.58 Å². The van der Waals surface area contributed by atoms with Crippen molar-refractivity contribution in [1.29, 1.82) is 0 Å². The summed E-state index contributed by atoms with van der Waals surface area (Å²) in [4.78, 5) is 0. The van der Waals surface area contributed by atoms with Crippen molar-refractivity contribution in [3.8, 4) is 0 Å². The molecule has 0 spiro atoms. The number of rotatable bonds is 4. The molecule has 0 fully saturated rings. The van der Waals surface area contributed by atoms with Crippen molar-refractivity contribution in [2.75, 3.05) is 5.32 Å². The zero-order valence-corrected chi connectivity index (χ0v) is 9.63. The average molecular weight is 271 g/mol. The summed E-state index contributed by atoms with van der Waals surface area (Å²) in [6.07, 6.45) is 4.40. The molecule has 0 unspecified atom stereocenters. The zero-order valence-electron chi connectivity index (χ0n) is 9.63. The molecule has 0 aliphatic heterocycles. The molecule has 1 aromatic heterocycles. The van der Waals surface area contributed by atoms with Gasteiger partial charge in [-0.15, -0.1) is 0 Å². The minimum atomic E-state index is -1.46. The average Bonchev–Trinajstić information content (AvgIpc) is 2.84. The quantitative estimate of drug-likeness (QED) is 0.684. The third-order valence-electron chi connectivity index (χ3n) is 2.42. The lowest BCUT2D eigenvalue weighted by Crippen LogP contribution is -2.06. The Balaban J connectivity index is 2.21. The van der Waals surface area contributed by atoms with Crippen LogP contribution in [-0.4, -0.2) is 9.78 Å². The van der Waals surface area contributed by atoms with Crippen LogP contribution in [0.5, 0.6) is 0 Å². The maximum atomic E-state index is 13.3. The van der Waals surface area contributed by atoms with Gasteiger partial charge >= 0.3 is 0 Å². The van der Waals surface area contributed by atoms with Crippen molar-refractivity contribution >= 4 is 11.9 Å². The number of hydrogen-bond acceptors (Lipinski definition) is 2. The molecule has 3 nitrogen and oxygen atoms in total. The van der Waals surface area contributed by atoms with Crippen molar-refractivity contribution < 1.29 is 17.6 Å². The second kappa shape index (κ2) is 5.13. The molecule has 1 aromatic carbocycles. The first-order valence-electron chi connectivity index (χ1n) is 5.25. The van der Waals surface area contributed by atoms with Crippen molar-refractivity contribution in [3.05, 3.63) is 53.9 Å². The van der Waals surface area contributed by atoms with Gasteiger partial charge in [0.1, 0.15) is 5.69 Å². The molecule has 0 aliphatic rings. The minimum absolute atomic E-state index is 0.0371. The van der Waals surface area contributed by atoms with Crippen molar-refractivity contribution in [1.82, 2.24) is 9.78 Å². The second-order valence-electron chi connectivity index (χ2n) is 3.71. The number of nitrogens with one attached hydrogen (secondary N) is 1. The van der Waals surface area contributed by atoms with Gasteiger partial charge < -0.3 is 5.32 Å². The molecule has 2 rings (SSSR count). The van der Waals surface area contributed by atoms with Crippen LogP contribution in [0.25, 0.3) is 6.20 Å². The molecule has 0 saturated heterocycles. The number of halogens is 4. The summed E-state index contributed by atoms with van der Waals surface area (Å²) in [7, 11) is 0. The Labute approximate surface area is 106 Å². The zero-order chi connectivity index (χ0) is 14.0. The standard InChI is InChI=1S/C12H9F4N3/c1-2-19-6-7(5-18-19)4-17-12-10(15)8(13)3-9(14)11(12)16/h2-3,5-6,17H,1,4H2. The first kappa shape index (κ1) is 13.1. The van der Waals surface area contributed by atoms with Crippen LogP contribution in [0.2, 0.25) is 0 Å². The Morgan fingerprint density at radius 2 is 1.84 bits per heavy atom. The van der Waals surface area contributed by atoms with E-state index in [0.29, 0.717) is 5.56 Å². The third kappa shape index (κ3) is 2.59. The van der Waals surface area contributed by atoms with Gasteiger partial charge in [0.2, 0.25) is 0 Å². The molecule has 0 radical (unpaired) electrons. The normalized spacial score (nSPS) is 10.5. The highest BCUT2D eigenvalue weighted by atomic mass is 19.2. The van der Waals surface area contributed by atoms with Crippen LogP contribution in [0.1, 0.15) is 5.56 Å². The Morgan fingerprint density at radius 3 is 2.37 bits per heavy atom. The van der Waals surface area contributed by atoms with Crippen LogP contribution >= 0.6 is 0 Å². The van der Waals surface area contributed by atoms with Crippen LogP contribution in [0.4, 0.5) is 23.2 Å². The Hall–Kier alpha value is -2.31. The Kier molecular flexibility index (Phi) is 3.55. The molecule has 2 aromatic rings. The number of nitrogens with zero attached hydrogens (tertiary/aromatic N) is 2. The topological polar surface area (TPSA) is 29.9 Å². The number of hydrogen-bond donors (Lipinski definition) is 1. The highest BCUT2D eigenvalue weighted by Gasteiger charge is 2.18. The summed E-state index contributed by atoms with van der Waals surface area (Å²) < 4.78 is 54.0. The molecule has 7 heteroatoms. The van der Waals surface area contributed by atoms with Crippen LogP contribution in [0.15, 0.2) is 25.0 Å². The van der Waals surface area contributed by atoms with E-state index in [1.807, 2.05) is 0 Å². The summed E-state index contributed by atoms with van der Waals surface area (Å²) in [6.45, 7) is 3.44. The highest BCUT2D eigenvalue weighted by Crippen LogP contribution is 2.24. The van der Waals surface area contributed by atoms with Gasteiger partial charge in [0, 0.05) is 30.6 Å². The lowest BCUT2D eigenvalue weighted by Gasteiger charge is -2.08. The molecule has 0 atom stereocenters. The lowest BCUT2D eigenvalue weighted by molar-refractivity contribution is 0.458. The molecule has 100 valence electrons. The smallest absolute Gasteiger partial charge is 0.185 e. The fourth-order valence-electron chi connectivity index (χ4n) is 1.49. The van der Waals surface area contributed by atoms with E-state index in [2.05, 4.69) is 17.0 Å². The van der Waals surface area contributed by atoms with Crippen molar-refractivity contribution in [2.45, 2.75) is 6.54 Å². The highest BCUT2D eigenvalue weighted by molar-refractivity contribution is 5.47. The maximum Gasteiger partial charge on any atom is 0.185 e. The molecule has 1 N–H and O–H groups in total. The van der Waals surface area contributed by atoms with E-state index >= 15 is 0 Å². The molecular formula is C12H9F4N3. The predicted molar refractivity (Wildman–Crippen MR) is 62.2 cm³/mol. The second-order valence-corrected chi connectivity index (χ2v) is 3.71. The summed E-state index contributed by atoms with van der Waals surface area (Å²) in [6, 6.07) is 0.158. The predicted octanol–water partition coefficient (Wildman–Crippen LogP) is 3.15. The van der Waals surface area contributed by atoms with E-state index < -0.39 is 29.0 Å².